The Balaban J connectivity index is 1.39. The van der Waals surface area contributed by atoms with Gasteiger partial charge in [-0.25, -0.2) is 9.37 Å². The molecule has 0 bridgehead atoms. The Morgan fingerprint density at radius 3 is 2.47 bits per heavy atom. The van der Waals surface area contributed by atoms with E-state index in [1.54, 1.807) is 0 Å². The number of benzene rings is 3. The fraction of sp³-hybridized carbons (Fsp3) is 0.357. The quantitative estimate of drug-likeness (QED) is 0.446. The summed E-state index contributed by atoms with van der Waals surface area (Å²) < 4.78 is 16.5. The van der Waals surface area contributed by atoms with Crippen LogP contribution in [-0.2, 0) is 0 Å². The first-order valence-corrected chi connectivity index (χ1v) is 12.9. The van der Waals surface area contributed by atoms with Crippen molar-refractivity contribution in [1.29, 1.82) is 0 Å². The topological polar surface area (TPSA) is 47.5 Å². The normalized spacial score (nSPS) is 19.1. The van der Waals surface area contributed by atoms with E-state index in [-0.39, 0.29) is 5.82 Å². The van der Waals surface area contributed by atoms with Crippen LogP contribution in [-0.4, -0.2) is 74.3 Å². The van der Waals surface area contributed by atoms with Crippen molar-refractivity contribution in [2.45, 2.75) is 6.04 Å². The molecular weight excluding hydrogens is 475 g/mol. The van der Waals surface area contributed by atoms with Gasteiger partial charge in [0, 0.05) is 61.7 Å². The van der Waals surface area contributed by atoms with Gasteiger partial charge >= 0.3 is 0 Å². The summed E-state index contributed by atoms with van der Waals surface area (Å²) in [6.45, 7) is 5.54. The van der Waals surface area contributed by atoms with Crippen LogP contribution in [0.25, 0.3) is 32.8 Å². The van der Waals surface area contributed by atoms with Crippen LogP contribution in [0.1, 0.15) is 0 Å². The van der Waals surface area contributed by atoms with Crippen molar-refractivity contribution in [2.24, 2.45) is 5.41 Å². The molecule has 3 aromatic carbocycles. The zero-order valence-electron chi connectivity index (χ0n) is 20.4. The van der Waals surface area contributed by atoms with E-state index in [0.717, 1.165) is 61.4 Å². The minimum Gasteiger partial charge on any atom is -0.354 e. The number of nitrogens with zero attached hydrogens (tertiary/aromatic N) is 5. The SMILES string of the molecule is CN(C)C1CN(c2nc(N3CC4(CNC4)C3)c3cc(Cl)c(-c4cccc5ccccc45)c(F)c3n2)C1. The predicted molar refractivity (Wildman–Crippen MR) is 145 cm³/mol. The summed E-state index contributed by atoms with van der Waals surface area (Å²) in [6, 6.07) is 16.2. The Morgan fingerprint density at radius 1 is 1.00 bits per heavy atom. The van der Waals surface area contributed by atoms with Crippen LogP contribution in [0.4, 0.5) is 16.2 Å². The third-order valence-electron chi connectivity index (χ3n) is 8.14. The molecule has 36 heavy (non-hydrogen) atoms. The van der Waals surface area contributed by atoms with Gasteiger partial charge < -0.3 is 20.0 Å². The Morgan fingerprint density at radius 2 is 1.75 bits per heavy atom. The van der Waals surface area contributed by atoms with Crippen molar-refractivity contribution < 1.29 is 4.39 Å². The Hall–Kier alpha value is -3.00. The number of likely N-dealkylation sites (N-methyl/N-ethyl adjacent to an activating group) is 1. The molecule has 0 unspecified atom stereocenters. The lowest BCUT2D eigenvalue weighted by molar-refractivity contribution is 0.121. The average molecular weight is 503 g/mol. The van der Waals surface area contributed by atoms with Gasteiger partial charge in [0.1, 0.15) is 11.3 Å². The number of hydrogen-bond donors (Lipinski definition) is 1. The Bertz CT molecular complexity index is 1500. The number of anilines is 2. The minimum absolute atomic E-state index is 0.315. The summed E-state index contributed by atoms with van der Waals surface area (Å²) >= 11 is 6.83. The van der Waals surface area contributed by atoms with E-state index in [1.807, 2.05) is 48.5 Å². The highest BCUT2D eigenvalue weighted by molar-refractivity contribution is 6.35. The third kappa shape index (κ3) is 3.30. The number of rotatable bonds is 4. The molecule has 3 fully saturated rings. The molecule has 0 atom stereocenters. The maximum atomic E-state index is 16.5. The first-order valence-electron chi connectivity index (χ1n) is 12.5. The van der Waals surface area contributed by atoms with Gasteiger partial charge in [-0.2, -0.15) is 4.98 Å². The van der Waals surface area contributed by atoms with E-state index in [9.17, 15) is 0 Å². The Labute approximate surface area is 214 Å². The molecule has 6 nitrogen and oxygen atoms in total. The van der Waals surface area contributed by atoms with Crippen molar-refractivity contribution in [3.05, 3.63) is 59.4 Å². The highest BCUT2D eigenvalue weighted by Crippen LogP contribution is 2.44. The van der Waals surface area contributed by atoms with Gasteiger partial charge in [0.05, 0.1) is 5.02 Å². The maximum absolute atomic E-state index is 16.5. The number of aromatic nitrogens is 2. The molecule has 7 rings (SSSR count). The zero-order valence-corrected chi connectivity index (χ0v) is 21.2. The van der Waals surface area contributed by atoms with Crippen LogP contribution in [0.5, 0.6) is 0 Å². The monoisotopic (exact) mass is 502 g/mol. The van der Waals surface area contributed by atoms with Gasteiger partial charge in [0.15, 0.2) is 5.82 Å². The van der Waals surface area contributed by atoms with E-state index < -0.39 is 0 Å². The number of halogens is 2. The number of fused-ring (bicyclic) bond motifs is 2. The molecule has 1 N–H and O–H groups in total. The van der Waals surface area contributed by atoms with Crippen molar-refractivity contribution >= 4 is 45.0 Å². The molecule has 3 saturated heterocycles. The van der Waals surface area contributed by atoms with E-state index in [1.165, 1.54) is 0 Å². The van der Waals surface area contributed by atoms with Gasteiger partial charge in [0.2, 0.25) is 5.95 Å². The molecule has 4 aromatic rings. The summed E-state index contributed by atoms with van der Waals surface area (Å²) in [5, 5.41) is 6.45. The van der Waals surface area contributed by atoms with Gasteiger partial charge in [-0.3, -0.25) is 0 Å². The molecule has 0 radical (unpaired) electrons. The summed E-state index contributed by atoms with van der Waals surface area (Å²) in [4.78, 5) is 16.4. The lowest BCUT2D eigenvalue weighted by Gasteiger charge is -2.56. The molecule has 3 aliphatic heterocycles. The summed E-state index contributed by atoms with van der Waals surface area (Å²) in [6.07, 6.45) is 0. The third-order valence-corrected chi connectivity index (χ3v) is 8.44. The second kappa shape index (κ2) is 8.00. The van der Waals surface area contributed by atoms with Crippen LogP contribution in [0.3, 0.4) is 0 Å². The maximum Gasteiger partial charge on any atom is 0.228 e. The van der Waals surface area contributed by atoms with Crippen molar-refractivity contribution in [3.8, 4) is 11.1 Å². The smallest absolute Gasteiger partial charge is 0.228 e. The van der Waals surface area contributed by atoms with E-state index in [4.69, 9.17) is 21.6 Å². The molecular formula is C28H28ClFN6. The fourth-order valence-corrected chi connectivity index (χ4v) is 6.10. The van der Waals surface area contributed by atoms with Crippen LogP contribution in [0, 0.1) is 11.2 Å². The van der Waals surface area contributed by atoms with E-state index in [0.29, 0.717) is 38.9 Å². The van der Waals surface area contributed by atoms with E-state index >= 15 is 4.39 Å². The highest BCUT2D eigenvalue weighted by atomic mass is 35.5. The molecule has 0 amide bonds. The molecule has 0 saturated carbocycles. The first-order chi connectivity index (χ1) is 17.4. The second-order valence-electron chi connectivity index (χ2n) is 10.8. The second-order valence-corrected chi connectivity index (χ2v) is 11.2. The van der Waals surface area contributed by atoms with Crippen LogP contribution in [0.2, 0.25) is 5.02 Å². The molecule has 4 heterocycles. The lowest BCUT2D eigenvalue weighted by atomic mass is 9.74. The van der Waals surface area contributed by atoms with Crippen molar-refractivity contribution in [3.63, 3.8) is 0 Å². The fourth-order valence-electron chi connectivity index (χ4n) is 5.80. The number of hydrogen-bond acceptors (Lipinski definition) is 6. The van der Waals surface area contributed by atoms with Gasteiger partial charge in [-0.1, -0.05) is 54.1 Å². The van der Waals surface area contributed by atoms with Crippen molar-refractivity contribution in [2.75, 3.05) is 63.2 Å². The molecule has 1 aromatic heterocycles. The summed E-state index contributed by atoms with van der Waals surface area (Å²) in [5.74, 6) is 0.989. The van der Waals surface area contributed by atoms with Gasteiger partial charge in [0.25, 0.3) is 0 Å². The van der Waals surface area contributed by atoms with Gasteiger partial charge in [-0.15, -0.1) is 0 Å². The predicted octanol–water partition coefficient (Wildman–Crippen LogP) is 4.40. The Kier molecular flexibility index (Phi) is 4.94. The average Bonchev–Trinajstić information content (AvgIpc) is 2.77. The molecule has 0 aliphatic carbocycles. The highest BCUT2D eigenvalue weighted by Gasteiger charge is 2.48. The molecule has 8 heteroatoms. The summed E-state index contributed by atoms with van der Waals surface area (Å²) in [7, 11) is 4.16. The molecule has 184 valence electrons. The minimum atomic E-state index is -0.385. The molecule has 3 aliphatic rings. The van der Waals surface area contributed by atoms with Crippen LogP contribution in [0.15, 0.2) is 48.5 Å². The van der Waals surface area contributed by atoms with Crippen LogP contribution < -0.4 is 15.1 Å². The first kappa shape index (κ1) is 22.2. The van der Waals surface area contributed by atoms with Crippen LogP contribution >= 0.6 is 11.6 Å². The lowest BCUT2D eigenvalue weighted by Crippen LogP contribution is -2.71. The number of nitrogens with one attached hydrogen (secondary N) is 1. The largest absolute Gasteiger partial charge is 0.354 e. The molecule has 1 spiro atoms. The standard InChI is InChI=1S/C28H28ClFN6/c1-34(2)18-11-35(12-18)27-32-25-21(26(33-27)36-15-28(16-36)13-31-14-28)10-22(29)23(24(25)30)20-9-5-7-17-6-3-4-8-19(17)20/h3-10,18,31H,11-16H2,1-2H3. The summed E-state index contributed by atoms with van der Waals surface area (Å²) in [5.41, 5.74) is 1.83. The zero-order chi connectivity index (χ0) is 24.6. The van der Waals surface area contributed by atoms with E-state index in [2.05, 4.69) is 34.1 Å². The van der Waals surface area contributed by atoms with Gasteiger partial charge in [-0.05, 0) is 36.5 Å². The van der Waals surface area contributed by atoms with Crippen molar-refractivity contribution in [1.82, 2.24) is 20.2 Å².